The van der Waals surface area contributed by atoms with Crippen LogP contribution in [0.5, 0.6) is 0 Å². The number of nitrogens with one attached hydrogen (secondary N) is 3. The first-order chi connectivity index (χ1) is 14.9. The molecule has 0 saturated heterocycles. The van der Waals surface area contributed by atoms with Crippen LogP contribution in [0.2, 0.25) is 0 Å². The summed E-state index contributed by atoms with van der Waals surface area (Å²) in [7, 11) is 0. The van der Waals surface area contributed by atoms with E-state index < -0.39 is 17.2 Å². The second-order valence-electron chi connectivity index (χ2n) is 6.84. The van der Waals surface area contributed by atoms with Crippen molar-refractivity contribution in [1.29, 1.82) is 0 Å². The van der Waals surface area contributed by atoms with E-state index in [0.29, 0.717) is 29.3 Å². The van der Waals surface area contributed by atoms with Crippen molar-refractivity contribution in [3.05, 3.63) is 56.9 Å². The molecular formula is C20H18N6O4S. The Morgan fingerprint density at radius 1 is 1.19 bits per heavy atom. The van der Waals surface area contributed by atoms with Crippen molar-refractivity contribution in [2.75, 3.05) is 10.6 Å². The molecule has 4 aromatic rings. The van der Waals surface area contributed by atoms with Gasteiger partial charge in [0, 0.05) is 25.4 Å². The molecule has 3 heterocycles. The highest BCUT2D eigenvalue weighted by Gasteiger charge is 2.15. The molecule has 1 aromatic carbocycles. The average molecular weight is 438 g/mol. The summed E-state index contributed by atoms with van der Waals surface area (Å²) in [4.78, 5) is 59.0. The van der Waals surface area contributed by atoms with Gasteiger partial charge in [-0.05, 0) is 30.7 Å². The fourth-order valence-electron chi connectivity index (χ4n) is 3.15. The van der Waals surface area contributed by atoms with E-state index >= 15 is 0 Å². The lowest BCUT2D eigenvalue weighted by atomic mass is 10.2. The number of aromatic amines is 1. The third kappa shape index (κ3) is 4.08. The van der Waals surface area contributed by atoms with Gasteiger partial charge in [-0.15, -0.1) is 0 Å². The number of anilines is 2. The van der Waals surface area contributed by atoms with Gasteiger partial charge in [-0.1, -0.05) is 18.3 Å². The smallest absolute Gasteiger partial charge is 0.326 e. The Morgan fingerprint density at radius 2 is 2.00 bits per heavy atom. The highest BCUT2D eigenvalue weighted by molar-refractivity contribution is 7.22. The minimum absolute atomic E-state index is 0.157. The van der Waals surface area contributed by atoms with Crippen LogP contribution in [0.4, 0.5) is 10.8 Å². The molecule has 158 valence electrons. The molecule has 0 aliphatic heterocycles. The van der Waals surface area contributed by atoms with E-state index in [2.05, 4.69) is 25.6 Å². The molecule has 0 fully saturated rings. The molecule has 3 aromatic heterocycles. The largest absolute Gasteiger partial charge is 0.329 e. The predicted octanol–water partition coefficient (Wildman–Crippen LogP) is 2.32. The first kappa shape index (κ1) is 20.4. The molecule has 0 radical (unpaired) electrons. The van der Waals surface area contributed by atoms with E-state index in [4.69, 9.17) is 0 Å². The molecule has 0 aliphatic carbocycles. The fraction of sp³-hybridized carbons (Fsp3) is 0.200. The van der Waals surface area contributed by atoms with E-state index in [1.165, 1.54) is 35.1 Å². The van der Waals surface area contributed by atoms with E-state index in [0.717, 1.165) is 4.70 Å². The van der Waals surface area contributed by atoms with E-state index in [1.54, 1.807) is 18.2 Å². The minimum Gasteiger partial charge on any atom is -0.326 e. The normalized spacial score (nSPS) is 11.0. The Labute approximate surface area is 179 Å². The average Bonchev–Trinajstić information content (AvgIpc) is 3.11. The zero-order valence-electron chi connectivity index (χ0n) is 16.7. The summed E-state index contributed by atoms with van der Waals surface area (Å²) in [5, 5.41) is 5.93. The Balaban J connectivity index is 1.64. The Hall–Kier alpha value is -3.86. The zero-order chi connectivity index (χ0) is 22.1. The molecule has 0 bridgehead atoms. The van der Waals surface area contributed by atoms with Crippen molar-refractivity contribution >= 4 is 55.2 Å². The number of thiazole rings is 1. The monoisotopic (exact) mass is 438 g/mol. The molecule has 0 unspecified atom stereocenters. The van der Waals surface area contributed by atoms with Crippen LogP contribution in [0.1, 0.15) is 30.6 Å². The molecule has 3 N–H and O–H groups in total. The third-order valence-corrected chi connectivity index (χ3v) is 5.40. The number of fused-ring (bicyclic) bond motifs is 2. The number of H-pyrrole nitrogens is 1. The number of hydrogen-bond donors (Lipinski definition) is 3. The van der Waals surface area contributed by atoms with Crippen LogP contribution < -0.4 is 21.9 Å². The maximum atomic E-state index is 12.7. The summed E-state index contributed by atoms with van der Waals surface area (Å²) >= 11 is 1.25. The maximum absolute atomic E-state index is 12.7. The molecule has 0 aliphatic rings. The van der Waals surface area contributed by atoms with Crippen molar-refractivity contribution in [3.8, 4) is 0 Å². The summed E-state index contributed by atoms with van der Waals surface area (Å²) in [6.07, 6.45) is 2.01. The maximum Gasteiger partial charge on any atom is 0.329 e. The van der Waals surface area contributed by atoms with Crippen LogP contribution >= 0.6 is 11.3 Å². The lowest BCUT2D eigenvalue weighted by molar-refractivity contribution is -0.114. The topological polar surface area (TPSA) is 139 Å². The number of aromatic nitrogens is 4. The minimum atomic E-state index is -0.597. The first-order valence-corrected chi connectivity index (χ1v) is 10.3. The van der Waals surface area contributed by atoms with Gasteiger partial charge in [0.1, 0.15) is 5.65 Å². The van der Waals surface area contributed by atoms with Crippen molar-refractivity contribution < 1.29 is 9.59 Å². The number of nitrogens with zero attached hydrogens (tertiary/aromatic N) is 3. The Bertz CT molecular complexity index is 1450. The second-order valence-corrected chi connectivity index (χ2v) is 7.87. The quantitative estimate of drug-likeness (QED) is 0.437. The summed E-state index contributed by atoms with van der Waals surface area (Å²) in [6.45, 7) is 3.73. The highest BCUT2D eigenvalue weighted by Crippen LogP contribution is 2.28. The Morgan fingerprint density at radius 3 is 2.74 bits per heavy atom. The van der Waals surface area contributed by atoms with Crippen LogP contribution in [-0.2, 0) is 11.3 Å². The molecule has 0 atom stereocenters. The van der Waals surface area contributed by atoms with E-state index in [1.807, 2.05) is 6.92 Å². The molecule has 0 spiro atoms. The van der Waals surface area contributed by atoms with Gasteiger partial charge in [-0.2, -0.15) is 0 Å². The molecule has 2 amide bonds. The van der Waals surface area contributed by atoms with E-state index in [-0.39, 0.29) is 22.5 Å². The van der Waals surface area contributed by atoms with Crippen molar-refractivity contribution in [3.63, 3.8) is 0 Å². The summed E-state index contributed by atoms with van der Waals surface area (Å²) < 4.78 is 2.16. The number of aryl methyl sites for hydroxylation is 1. The number of rotatable bonds is 5. The van der Waals surface area contributed by atoms with Gasteiger partial charge in [0.15, 0.2) is 5.13 Å². The molecule has 11 heteroatoms. The van der Waals surface area contributed by atoms with Crippen LogP contribution in [0.25, 0.3) is 21.3 Å². The van der Waals surface area contributed by atoms with Crippen LogP contribution in [0, 0.1) is 0 Å². The summed E-state index contributed by atoms with van der Waals surface area (Å²) in [6, 6.07) is 6.65. The SMILES string of the molecule is CCCn1c(=O)[nH]c(=O)c2cc(C(=O)Nc3nc4ccc(NC(C)=O)cc4s3)cnc21. The van der Waals surface area contributed by atoms with Crippen LogP contribution in [0.3, 0.4) is 0 Å². The first-order valence-electron chi connectivity index (χ1n) is 9.48. The predicted molar refractivity (Wildman–Crippen MR) is 119 cm³/mol. The standard InChI is InChI=1S/C20H18N6O4S/c1-3-6-26-16-13(18(29)25-20(26)30)7-11(9-21-16)17(28)24-19-23-14-5-4-12(22-10(2)27)8-15(14)31-19/h4-5,7-9H,3,6H2,1-2H3,(H,22,27)(H,23,24,28)(H,25,29,30). The van der Waals surface area contributed by atoms with Gasteiger partial charge in [0.25, 0.3) is 11.5 Å². The summed E-state index contributed by atoms with van der Waals surface area (Å²) in [5.41, 5.74) is 0.580. The van der Waals surface area contributed by atoms with Crippen molar-refractivity contribution in [2.24, 2.45) is 0 Å². The number of pyridine rings is 1. The molecule has 10 nitrogen and oxygen atoms in total. The fourth-order valence-corrected chi connectivity index (χ4v) is 4.05. The van der Waals surface area contributed by atoms with Crippen LogP contribution in [0.15, 0.2) is 40.1 Å². The van der Waals surface area contributed by atoms with Gasteiger partial charge in [-0.25, -0.2) is 14.8 Å². The van der Waals surface area contributed by atoms with Gasteiger partial charge >= 0.3 is 5.69 Å². The number of carbonyl (C=O) groups excluding carboxylic acids is 2. The lowest BCUT2D eigenvalue weighted by Crippen LogP contribution is -2.31. The van der Waals surface area contributed by atoms with Crippen molar-refractivity contribution in [1.82, 2.24) is 19.5 Å². The van der Waals surface area contributed by atoms with Crippen molar-refractivity contribution in [2.45, 2.75) is 26.8 Å². The number of amides is 2. The Kier molecular flexibility index (Phi) is 5.34. The third-order valence-electron chi connectivity index (χ3n) is 4.47. The molecular weight excluding hydrogens is 420 g/mol. The zero-order valence-corrected chi connectivity index (χ0v) is 17.5. The van der Waals surface area contributed by atoms with Gasteiger partial charge in [-0.3, -0.25) is 29.3 Å². The van der Waals surface area contributed by atoms with E-state index in [9.17, 15) is 19.2 Å². The summed E-state index contributed by atoms with van der Waals surface area (Å²) in [5.74, 6) is -0.663. The van der Waals surface area contributed by atoms with Crippen LogP contribution in [-0.4, -0.2) is 31.3 Å². The van der Waals surface area contributed by atoms with Gasteiger partial charge in [0.05, 0.1) is 21.2 Å². The second kappa shape index (κ2) is 8.11. The highest BCUT2D eigenvalue weighted by atomic mass is 32.1. The van der Waals surface area contributed by atoms with Gasteiger partial charge in [0.2, 0.25) is 5.91 Å². The number of carbonyl (C=O) groups is 2. The molecule has 31 heavy (non-hydrogen) atoms. The number of benzene rings is 1. The molecule has 4 rings (SSSR count). The van der Waals surface area contributed by atoms with Gasteiger partial charge < -0.3 is 5.32 Å². The lowest BCUT2D eigenvalue weighted by Gasteiger charge is -2.08. The number of hydrogen-bond acceptors (Lipinski definition) is 7. The molecule has 0 saturated carbocycles.